The van der Waals surface area contributed by atoms with Crippen LogP contribution < -0.4 is 14.3 Å². The van der Waals surface area contributed by atoms with Crippen LogP contribution >= 0.6 is 11.3 Å². The van der Waals surface area contributed by atoms with Gasteiger partial charge in [0.1, 0.15) is 0 Å². The maximum atomic E-state index is 12.6. The van der Waals surface area contributed by atoms with Crippen LogP contribution in [0.15, 0.2) is 53.9 Å². The summed E-state index contributed by atoms with van der Waals surface area (Å²) in [4.78, 5) is 36.9. The zero-order valence-electron chi connectivity index (χ0n) is 20.9. The van der Waals surface area contributed by atoms with Crippen LogP contribution in [0.3, 0.4) is 0 Å². The van der Waals surface area contributed by atoms with E-state index in [4.69, 9.17) is 9.72 Å². The van der Waals surface area contributed by atoms with Gasteiger partial charge in [-0.15, -0.1) is 0 Å². The fraction of sp³-hybridized carbons (Fsp3) is 0.370. The van der Waals surface area contributed by atoms with E-state index in [-0.39, 0.29) is 36.9 Å². The van der Waals surface area contributed by atoms with Gasteiger partial charge in [0.05, 0.1) is 0 Å². The second-order valence-electron chi connectivity index (χ2n) is 10.3. The van der Waals surface area contributed by atoms with Gasteiger partial charge in [-0.05, 0) is 22.3 Å². The molecule has 1 heterocycles. The minimum absolute atomic E-state index is 0.0143. The average molecular weight is 598 g/mol. The summed E-state index contributed by atoms with van der Waals surface area (Å²) in [6, 6.07) is 16.2. The number of aromatic nitrogens is 1. The zero-order chi connectivity index (χ0) is 25.2. The Kier molecular flexibility index (Phi) is 7.86. The third kappa shape index (κ3) is 5.89. The van der Waals surface area contributed by atoms with Crippen molar-refractivity contribution in [3.8, 4) is 11.1 Å². The molecule has 3 aromatic rings. The van der Waals surface area contributed by atoms with Crippen molar-refractivity contribution in [2.45, 2.75) is 40.6 Å². The second-order valence-corrected chi connectivity index (χ2v) is 25.5. The molecule has 1 aliphatic rings. The Morgan fingerprint density at radius 3 is 2.17 bits per heavy atom. The van der Waals surface area contributed by atoms with E-state index in [9.17, 15) is 9.59 Å². The molecule has 6 nitrogen and oxygen atoms in total. The van der Waals surface area contributed by atoms with Crippen molar-refractivity contribution in [3.05, 3.63) is 70.0 Å². The van der Waals surface area contributed by atoms with E-state index in [2.05, 4.69) is 68.9 Å². The Bertz CT molecular complexity index is 1170. The number of amides is 2. The topological polar surface area (TPSA) is 80.3 Å². The number of hydrogen-bond donors (Lipinski definition) is 2. The summed E-state index contributed by atoms with van der Waals surface area (Å²) in [6.07, 6.45) is -0.596. The second kappa shape index (κ2) is 10.7. The number of hydrogen-bond acceptors (Lipinski definition) is 5. The summed E-state index contributed by atoms with van der Waals surface area (Å²) in [5.41, 5.74) is 4.66. The normalized spacial score (nSPS) is 13.8. The average Bonchev–Trinajstić information content (AvgIpc) is 3.43. The van der Waals surface area contributed by atoms with E-state index >= 15 is 0 Å². The first-order valence-electron chi connectivity index (χ1n) is 12.0. The van der Waals surface area contributed by atoms with Gasteiger partial charge in [0.15, 0.2) is 0 Å². The third-order valence-electron chi connectivity index (χ3n) is 6.28. The summed E-state index contributed by atoms with van der Waals surface area (Å²) >= 11 is -0.660. The first-order chi connectivity index (χ1) is 16.6. The molecule has 1 atom stereocenters. The van der Waals surface area contributed by atoms with Gasteiger partial charge in [0.2, 0.25) is 0 Å². The minimum atomic E-state index is -2.27. The molecule has 2 N–H and O–H groups in total. The van der Waals surface area contributed by atoms with Crippen LogP contribution in [-0.2, 0) is 9.53 Å². The van der Waals surface area contributed by atoms with Gasteiger partial charge in [0.25, 0.3) is 0 Å². The maximum absolute atomic E-state index is 12.6. The van der Waals surface area contributed by atoms with Crippen LogP contribution in [0, 0.1) is 5.92 Å². The molecule has 0 spiro atoms. The van der Waals surface area contributed by atoms with E-state index in [1.165, 1.54) is 14.8 Å². The summed E-state index contributed by atoms with van der Waals surface area (Å²) in [6.45, 7) is 4.20. The molecule has 1 aromatic heterocycles. The first-order valence-corrected chi connectivity index (χ1v) is 22.9. The number of rotatable bonds is 8. The Hall–Kier alpha value is -2.39. The monoisotopic (exact) mass is 599 g/mol. The van der Waals surface area contributed by atoms with Crippen molar-refractivity contribution in [3.63, 3.8) is 0 Å². The summed E-state index contributed by atoms with van der Waals surface area (Å²) < 4.78 is 6.75. The van der Waals surface area contributed by atoms with Gasteiger partial charge < -0.3 is 0 Å². The molecule has 1 unspecified atom stereocenters. The standard InChI is InChI=1S/C24H24N3O3S.3CH3.Sn/c1-15(2)22(23-25-11-12-31-23)27-21(28)13-26-24(29)30-14-20-18-9-5-3-7-16(18)17-8-4-6-10-19(17)20;;;;/h3-10,12,15,20,22H,13-14H2,1-2H3,(H,26,29)(H,27,28);3*1H3;. The molecular formula is C27H33N3O3SSn. The Balaban J connectivity index is 1.32. The van der Waals surface area contributed by atoms with E-state index in [1.807, 2.05) is 24.3 Å². The van der Waals surface area contributed by atoms with Crippen LogP contribution in [0.4, 0.5) is 4.79 Å². The van der Waals surface area contributed by atoms with Crippen molar-refractivity contribution < 1.29 is 14.3 Å². The molecule has 35 heavy (non-hydrogen) atoms. The number of carbonyl (C=O) groups excluding carboxylic acids is 2. The number of fused-ring (bicyclic) bond motifs is 3. The number of thiazole rings is 1. The molecule has 2 aromatic carbocycles. The fourth-order valence-electron chi connectivity index (χ4n) is 4.31. The molecular weight excluding hydrogens is 565 g/mol. The van der Waals surface area contributed by atoms with Crippen LogP contribution in [0.2, 0.25) is 14.8 Å². The van der Waals surface area contributed by atoms with Gasteiger partial charge in [0, 0.05) is 0 Å². The van der Waals surface area contributed by atoms with Crippen molar-refractivity contribution in [2.24, 2.45) is 5.92 Å². The van der Waals surface area contributed by atoms with Gasteiger partial charge in [-0.2, -0.15) is 0 Å². The summed E-state index contributed by atoms with van der Waals surface area (Å²) in [5.74, 6) is -0.0876. The number of ether oxygens (including phenoxy) is 1. The van der Waals surface area contributed by atoms with Gasteiger partial charge in [-0.1, -0.05) is 48.5 Å². The van der Waals surface area contributed by atoms with Gasteiger partial charge in [-0.3, -0.25) is 0 Å². The zero-order valence-corrected chi connectivity index (χ0v) is 24.6. The van der Waals surface area contributed by atoms with Crippen LogP contribution in [0.25, 0.3) is 11.1 Å². The fourth-order valence-corrected chi connectivity index (χ4v) is 10.6. The Morgan fingerprint density at radius 1 is 1.03 bits per heavy atom. The Labute approximate surface area is 215 Å². The van der Waals surface area contributed by atoms with Gasteiger partial charge in [-0.25, -0.2) is 0 Å². The molecule has 4 rings (SSSR count). The third-order valence-corrected chi connectivity index (χ3v) is 12.9. The number of nitrogens with one attached hydrogen (secondary N) is 2. The summed E-state index contributed by atoms with van der Waals surface area (Å²) in [7, 11) is 0. The van der Waals surface area contributed by atoms with E-state index < -0.39 is 24.5 Å². The van der Waals surface area contributed by atoms with E-state index in [0.717, 1.165) is 16.1 Å². The molecule has 0 saturated heterocycles. The van der Waals surface area contributed by atoms with Crippen molar-refractivity contribution in [1.82, 2.24) is 15.6 Å². The molecule has 0 radical (unpaired) electrons. The molecule has 0 fully saturated rings. The van der Waals surface area contributed by atoms with Crippen molar-refractivity contribution in [1.29, 1.82) is 0 Å². The quantitative estimate of drug-likeness (QED) is 0.357. The molecule has 0 bridgehead atoms. The SMILES string of the molecule is CC(C)C(NC(=O)CNC(=O)OCC1c2ccccc2-c2ccccc21)c1n[c]([Sn]([CH3])([CH3])[CH3])cs1. The number of alkyl carbamates (subject to hydrolysis) is 1. The predicted molar refractivity (Wildman–Crippen MR) is 144 cm³/mol. The first kappa shape index (κ1) is 25.7. The molecule has 8 heteroatoms. The van der Waals surface area contributed by atoms with Crippen LogP contribution in [0.5, 0.6) is 0 Å². The summed E-state index contributed by atoms with van der Waals surface area (Å²) in [5, 5.41) is 8.71. The number of benzene rings is 2. The molecule has 184 valence electrons. The van der Waals surface area contributed by atoms with E-state index in [1.54, 1.807) is 11.3 Å². The predicted octanol–water partition coefficient (Wildman–Crippen LogP) is 5.04. The van der Waals surface area contributed by atoms with Crippen LogP contribution in [0.1, 0.15) is 41.9 Å². The molecule has 0 saturated carbocycles. The Morgan fingerprint density at radius 2 is 1.63 bits per heavy atom. The molecule has 0 aliphatic heterocycles. The number of nitrogens with zero attached hydrogens (tertiary/aromatic N) is 1. The van der Waals surface area contributed by atoms with E-state index in [0.29, 0.717) is 0 Å². The molecule has 1 aliphatic carbocycles. The van der Waals surface area contributed by atoms with Crippen molar-refractivity contribution in [2.75, 3.05) is 13.2 Å². The van der Waals surface area contributed by atoms with Crippen LogP contribution in [-0.4, -0.2) is 48.5 Å². The van der Waals surface area contributed by atoms with Gasteiger partial charge >= 0.3 is 145 Å². The van der Waals surface area contributed by atoms with Crippen molar-refractivity contribution >= 4 is 45.4 Å². The molecule has 2 amide bonds. The number of carbonyl (C=O) groups is 2.